The van der Waals surface area contributed by atoms with Crippen LogP contribution in [-0.2, 0) is 0 Å². The molecule has 0 aliphatic rings. The third-order valence-corrected chi connectivity index (χ3v) is 1.65. The molecule has 0 amide bonds. The summed E-state index contributed by atoms with van der Waals surface area (Å²) < 4.78 is 14.5. The number of halogens is 1. The Balaban J connectivity index is 2.48. The summed E-state index contributed by atoms with van der Waals surface area (Å²) in [6, 6.07) is 11.1. The van der Waals surface area contributed by atoms with E-state index in [0.717, 1.165) is 5.69 Å². The van der Waals surface area contributed by atoms with E-state index in [4.69, 9.17) is 0 Å². The summed E-state index contributed by atoms with van der Waals surface area (Å²) in [5.41, 5.74) is 0.816. The number of aromatic nitrogens is 1. The second kappa shape index (κ2) is 2.81. The van der Waals surface area contributed by atoms with Gasteiger partial charge in [0.05, 0.1) is 0 Å². The number of hydrogen-bond donors (Lipinski definition) is 0. The monoisotopic (exact) mass is 160 g/mol. The Morgan fingerprint density at radius 2 is 2.25 bits per heavy atom. The molecule has 1 radical (unpaired) electrons. The largest absolute Gasteiger partial charge is 0.323 e. The molecule has 0 saturated carbocycles. The Hall–Kier alpha value is -1.57. The minimum absolute atomic E-state index is 0.221. The van der Waals surface area contributed by atoms with Gasteiger partial charge in [0.1, 0.15) is 5.82 Å². The molecule has 1 heterocycles. The first-order chi connectivity index (χ1) is 5.86. The molecule has 0 N–H and O–H groups in total. The van der Waals surface area contributed by atoms with Crippen LogP contribution in [0.3, 0.4) is 0 Å². The molecule has 1 nitrogen and oxygen atoms in total. The SMILES string of the molecule is Fc1cccc(-n2c[c]cc2)c1. The van der Waals surface area contributed by atoms with Gasteiger partial charge in [0, 0.05) is 24.1 Å². The summed E-state index contributed by atoms with van der Waals surface area (Å²) >= 11 is 0. The molecule has 59 valence electrons. The molecule has 1 aromatic heterocycles. The zero-order valence-corrected chi connectivity index (χ0v) is 6.37. The molecular formula is C10H7FN. The van der Waals surface area contributed by atoms with Crippen LogP contribution in [0, 0.1) is 11.9 Å². The van der Waals surface area contributed by atoms with Crippen molar-refractivity contribution in [1.29, 1.82) is 0 Å². The van der Waals surface area contributed by atoms with Crippen LogP contribution in [0.15, 0.2) is 42.7 Å². The molecule has 2 aromatic rings. The molecule has 0 spiro atoms. The van der Waals surface area contributed by atoms with Crippen LogP contribution in [0.1, 0.15) is 0 Å². The van der Waals surface area contributed by atoms with Crippen molar-refractivity contribution in [3.8, 4) is 5.69 Å². The Kier molecular flexibility index (Phi) is 1.67. The van der Waals surface area contributed by atoms with Crippen molar-refractivity contribution in [3.05, 3.63) is 54.6 Å². The van der Waals surface area contributed by atoms with Gasteiger partial charge in [-0.3, -0.25) is 0 Å². The first kappa shape index (κ1) is 7.10. The molecule has 2 rings (SSSR count). The second-order valence-corrected chi connectivity index (χ2v) is 2.50. The molecule has 12 heavy (non-hydrogen) atoms. The standard InChI is InChI=1S/C10H7FN/c11-9-4-3-5-10(8-9)12-6-1-2-7-12/h1,3-8H. The lowest BCUT2D eigenvalue weighted by Gasteiger charge is -2.00. The predicted octanol–water partition coefficient (Wildman–Crippen LogP) is 2.42. The van der Waals surface area contributed by atoms with Gasteiger partial charge in [0.25, 0.3) is 0 Å². The highest BCUT2D eigenvalue weighted by Crippen LogP contribution is 2.08. The number of nitrogens with zero attached hydrogens (tertiary/aromatic N) is 1. The van der Waals surface area contributed by atoms with E-state index < -0.39 is 0 Å². The van der Waals surface area contributed by atoms with Crippen molar-refractivity contribution in [3.63, 3.8) is 0 Å². The fourth-order valence-corrected chi connectivity index (χ4v) is 1.09. The maximum atomic E-state index is 12.7. The summed E-state index contributed by atoms with van der Waals surface area (Å²) in [5, 5.41) is 0. The summed E-state index contributed by atoms with van der Waals surface area (Å²) in [4.78, 5) is 0. The van der Waals surface area contributed by atoms with Crippen LogP contribution < -0.4 is 0 Å². The maximum absolute atomic E-state index is 12.7. The lowest BCUT2D eigenvalue weighted by molar-refractivity contribution is 0.626. The van der Waals surface area contributed by atoms with Gasteiger partial charge in [0.15, 0.2) is 0 Å². The minimum Gasteiger partial charge on any atom is -0.323 e. The van der Waals surface area contributed by atoms with Crippen LogP contribution in [-0.4, -0.2) is 4.57 Å². The van der Waals surface area contributed by atoms with Gasteiger partial charge in [-0.2, -0.15) is 0 Å². The van der Waals surface area contributed by atoms with Gasteiger partial charge in [-0.15, -0.1) is 0 Å². The van der Waals surface area contributed by atoms with Crippen LogP contribution in [0.5, 0.6) is 0 Å². The maximum Gasteiger partial charge on any atom is 0.125 e. The third-order valence-electron chi connectivity index (χ3n) is 1.65. The molecule has 0 saturated heterocycles. The quantitative estimate of drug-likeness (QED) is 0.603. The van der Waals surface area contributed by atoms with E-state index in [0.29, 0.717) is 0 Å². The molecule has 0 unspecified atom stereocenters. The summed E-state index contributed by atoms with van der Waals surface area (Å²) in [6.07, 6.45) is 3.59. The molecule has 0 aliphatic carbocycles. The Morgan fingerprint density at radius 1 is 1.33 bits per heavy atom. The fourth-order valence-electron chi connectivity index (χ4n) is 1.09. The van der Waals surface area contributed by atoms with E-state index in [2.05, 4.69) is 6.07 Å². The predicted molar refractivity (Wildman–Crippen MR) is 44.6 cm³/mol. The Labute approximate surface area is 70.1 Å². The number of hydrogen-bond acceptors (Lipinski definition) is 0. The van der Waals surface area contributed by atoms with E-state index in [-0.39, 0.29) is 5.82 Å². The summed E-state index contributed by atoms with van der Waals surface area (Å²) in [6.45, 7) is 0. The van der Waals surface area contributed by atoms with Gasteiger partial charge < -0.3 is 4.57 Å². The topological polar surface area (TPSA) is 4.93 Å². The molecule has 2 heteroatoms. The normalized spacial score (nSPS) is 10.1. The molecule has 0 fully saturated rings. The molecule has 0 aliphatic heterocycles. The first-order valence-corrected chi connectivity index (χ1v) is 3.66. The van der Waals surface area contributed by atoms with E-state index in [1.807, 2.05) is 16.8 Å². The molecule has 1 aromatic carbocycles. The highest BCUT2D eigenvalue weighted by Gasteiger charge is 1.94. The van der Waals surface area contributed by atoms with Gasteiger partial charge in [-0.05, 0) is 24.3 Å². The minimum atomic E-state index is -0.221. The average molecular weight is 160 g/mol. The Morgan fingerprint density at radius 3 is 2.92 bits per heavy atom. The van der Waals surface area contributed by atoms with Crippen molar-refractivity contribution in [1.82, 2.24) is 4.57 Å². The molecule has 0 atom stereocenters. The smallest absolute Gasteiger partial charge is 0.125 e. The van der Waals surface area contributed by atoms with E-state index >= 15 is 0 Å². The van der Waals surface area contributed by atoms with Crippen molar-refractivity contribution in [2.45, 2.75) is 0 Å². The Bertz CT molecular complexity index is 365. The lowest BCUT2D eigenvalue weighted by atomic mass is 10.3. The molecular weight excluding hydrogens is 153 g/mol. The van der Waals surface area contributed by atoms with Crippen molar-refractivity contribution in [2.24, 2.45) is 0 Å². The van der Waals surface area contributed by atoms with Crippen LogP contribution in [0.4, 0.5) is 4.39 Å². The van der Waals surface area contributed by atoms with Crippen molar-refractivity contribution >= 4 is 0 Å². The van der Waals surface area contributed by atoms with E-state index in [9.17, 15) is 4.39 Å². The van der Waals surface area contributed by atoms with Crippen molar-refractivity contribution in [2.75, 3.05) is 0 Å². The highest BCUT2D eigenvalue weighted by molar-refractivity contribution is 5.32. The second-order valence-electron chi connectivity index (χ2n) is 2.50. The van der Waals surface area contributed by atoms with E-state index in [1.165, 1.54) is 12.1 Å². The van der Waals surface area contributed by atoms with E-state index in [1.54, 1.807) is 18.3 Å². The average Bonchev–Trinajstić information content (AvgIpc) is 2.56. The summed E-state index contributed by atoms with van der Waals surface area (Å²) in [5.74, 6) is -0.221. The number of benzene rings is 1. The number of rotatable bonds is 1. The van der Waals surface area contributed by atoms with Crippen LogP contribution in [0.25, 0.3) is 5.69 Å². The zero-order valence-electron chi connectivity index (χ0n) is 6.37. The molecule has 0 bridgehead atoms. The van der Waals surface area contributed by atoms with Gasteiger partial charge >= 0.3 is 0 Å². The van der Waals surface area contributed by atoms with Crippen LogP contribution >= 0.6 is 0 Å². The van der Waals surface area contributed by atoms with Gasteiger partial charge in [-0.25, -0.2) is 4.39 Å². The van der Waals surface area contributed by atoms with Crippen LogP contribution in [0.2, 0.25) is 0 Å². The van der Waals surface area contributed by atoms with Gasteiger partial charge in [0.2, 0.25) is 0 Å². The fraction of sp³-hybridized carbons (Fsp3) is 0. The first-order valence-electron chi connectivity index (χ1n) is 3.66. The summed E-state index contributed by atoms with van der Waals surface area (Å²) in [7, 11) is 0. The lowest BCUT2D eigenvalue weighted by Crippen LogP contribution is -1.89. The zero-order chi connectivity index (χ0) is 8.39. The third kappa shape index (κ3) is 1.23. The highest BCUT2D eigenvalue weighted by atomic mass is 19.1. The van der Waals surface area contributed by atoms with Crippen molar-refractivity contribution < 1.29 is 4.39 Å². The van der Waals surface area contributed by atoms with Gasteiger partial charge in [-0.1, -0.05) is 6.07 Å².